The summed E-state index contributed by atoms with van der Waals surface area (Å²) in [5.41, 5.74) is -1.52. The van der Waals surface area contributed by atoms with E-state index in [1.807, 2.05) is 0 Å². The zero-order valence-corrected chi connectivity index (χ0v) is 16.4. The number of benzene rings is 1. The number of carboxylic acids is 1. The van der Waals surface area contributed by atoms with Crippen LogP contribution in [0.4, 0.5) is 22.0 Å². The van der Waals surface area contributed by atoms with Crippen molar-refractivity contribution < 1.29 is 36.4 Å². The van der Waals surface area contributed by atoms with Crippen LogP contribution in [0.3, 0.4) is 0 Å². The predicted octanol–water partition coefficient (Wildman–Crippen LogP) is 5.02. The molecule has 0 aliphatic rings. The molecule has 4 aromatic rings. The van der Waals surface area contributed by atoms with Crippen LogP contribution >= 0.6 is 11.6 Å². The molecule has 1 aromatic carbocycles. The number of aliphatic carboxylic acids is 1. The number of halogens is 6. The fourth-order valence-electron chi connectivity index (χ4n) is 2.94. The molecule has 0 unspecified atom stereocenters. The van der Waals surface area contributed by atoms with Gasteiger partial charge in [0.05, 0.1) is 16.1 Å². The van der Waals surface area contributed by atoms with E-state index in [1.165, 1.54) is 6.20 Å². The highest BCUT2D eigenvalue weighted by molar-refractivity contribution is 6.33. The van der Waals surface area contributed by atoms with E-state index >= 15 is 0 Å². The van der Waals surface area contributed by atoms with Gasteiger partial charge < -0.3 is 14.0 Å². The Morgan fingerprint density at radius 1 is 1.12 bits per heavy atom. The van der Waals surface area contributed by atoms with Crippen LogP contribution in [0, 0.1) is 11.6 Å². The van der Waals surface area contributed by atoms with Gasteiger partial charge in [0.1, 0.15) is 17.3 Å². The Hall–Kier alpha value is -3.54. The monoisotopic (exact) mass is 472 g/mol. The van der Waals surface area contributed by atoms with Crippen molar-refractivity contribution in [3.63, 3.8) is 0 Å². The van der Waals surface area contributed by atoms with Crippen molar-refractivity contribution in [3.05, 3.63) is 58.4 Å². The molecule has 0 atom stereocenters. The lowest BCUT2D eigenvalue weighted by molar-refractivity contribution is -0.138. The first-order chi connectivity index (χ1) is 15.0. The minimum absolute atomic E-state index is 0.00516. The average molecular weight is 473 g/mol. The van der Waals surface area contributed by atoms with Gasteiger partial charge in [0, 0.05) is 18.8 Å². The quantitative estimate of drug-likeness (QED) is 0.410. The standard InChI is InChI=1S/C19H10ClF5N4O3/c20-11-4-9(19(23,24)25)6-29-7-14(26-17(11)29)18-27-16(28-32-18)10-5-12(21)8(3-13(10)22)1-2-15(30)31/h3-7H,1-2H2,(H,30,31). The number of fused-ring (bicyclic) bond motifs is 1. The third-order valence-electron chi connectivity index (χ3n) is 4.46. The second-order valence-electron chi connectivity index (χ2n) is 6.67. The van der Waals surface area contributed by atoms with E-state index in [4.69, 9.17) is 21.2 Å². The van der Waals surface area contributed by atoms with Crippen molar-refractivity contribution in [2.24, 2.45) is 0 Å². The second-order valence-corrected chi connectivity index (χ2v) is 7.08. The topological polar surface area (TPSA) is 93.5 Å². The summed E-state index contributed by atoms with van der Waals surface area (Å²) in [7, 11) is 0. The van der Waals surface area contributed by atoms with E-state index in [9.17, 15) is 26.7 Å². The molecule has 0 spiro atoms. The van der Waals surface area contributed by atoms with Crippen LogP contribution in [0.5, 0.6) is 0 Å². The highest BCUT2D eigenvalue weighted by Crippen LogP contribution is 2.33. The van der Waals surface area contributed by atoms with E-state index < -0.39 is 29.3 Å². The Bertz CT molecular complexity index is 1350. The van der Waals surface area contributed by atoms with Crippen LogP contribution in [-0.4, -0.2) is 30.6 Å². The molecule has 32 heavy (non-hydrogen) atoms. The highest BCUT2D eigenvalue weighted by Gasteiger charge is 2.32. The van der Waals surface area contributed by atoms with Crippen molar-refractivity contribution in [1.29, 1.82) is 0 Å². The maximum atomic E-state index is 14.4. The number of hydrogen-bond acceptors (Lipinski definition) is 5. The Kier molecular flexibility index (Phi) is 5.33. The molecule has 7 nitrogen and oxygen atoms in total. The third-order valence-corrected chi connectivity index (χ3v) is 4.74. The highest BCUT2D eigenvalue weighted by atomic mass is 35.5. The van der Waals surface area contributed by atoms with Gasteiger partial charge in [-0.1, -0.05) is 16.8 Å². The number of hydrogen-bond donors (Lipinski definition) is 1. The molecule has 3 aromatic heterocycles. The van der Waals surface area contributed by atoms with Gasteiger partial charge in [-0.2, -0.15) is 18.2 Å². The van der Waals surface area contributed by atoms with E-state index in [2.05, 4.69) is 15.1 Å². The lowest BCUT2D eigenvalue weighted by Gasteiger charge is -2.07. The fraction of sp³-hybridized carbons (Fsp3) is 0.158. The number of rotatable bonds is 5. The number of aryl methyl sites for hydroxylation is 1. The van der Waals surface area contributed by atoms with Gasteiger partial charge in [0.25, 0.3) is 5.89 Å². The van der Waals surface area contributed by atoms with Crippen molar-refractivity contribution in [2.45, 2.75) is 19.0 Å². The molecule has 0 fully saturated rings. The second kappa shape index (κ2) is 7.86. The van der Waals surface area contributed by atoms with Gasteiger partial charge in [-0.05, 0) is 30.2 Å². The third kappa shape index (κ3) is 4.13. The van der Waals surface area contributed by atoms with Crippen LogP contribution < -0.4 is 0 Å². The smallest absolute Gasteiger partial charge is 0.417 e. The maximum absolute atomic E-state index is 14.4. The number of carbonyl (C=O) groups is 1. The summed E-state index contributed by atoms with van der Waals surface area (Å²) < 4.78 is 73.7. The average Bonchev–Trinajstić information content (AvgIpc) is 3.34. The molecule has 4 rings (SSSR count). The molecule has 0 saturated heterocycles. The summed E-state index contributed by atoms with van der Waals surface area (Å²) in [5, 5.41) is 12.0. The number of nitrogens with zero attached hydrogens (tertiary/aromatic N) is 4. The molecule has 0 amide bonds. The van der Waals surface area contributed by atoms with Gasteiger partial charge in [-0.25, -0.2) is 13.8 Å². The summed E-state index contributed by atoms with van der Waals surface area (Å²) in [6.45, 7) is 0. The molecule has 3 heterocycles. The van der Waals surface area contributed by atoms with Crippen molar-refractivity contribution in [3.8, 4) is 23.0 Å². The van der Waals surface area contributed by atoms with Gasteiger partial charge in [-0.3, -0.25) is 4.79 Å². The summed E-state index contributed by atoms with van der Waals surface area (Å²) in [6, 6.07) is 2.36. The Morgan fingerprint density at radius 2 is 1.88 bits per heavy atom. The van der Waals surface area contributed by atoms with Crippen LogP contribution in [-0.2, 0) is 17.4 Å². The van der Waals surface area contributed by atoms with E-state index in [1.54, 1.807) is 0 Å². The number of aromatic nitrogens is 4. The number of alkyl halides is 3. The predicted molar refractivity (Wildman–Crippen MR) is 99.8 cm³/mol. The molecular formula is C19H10ClF5N4O3. The van der Waals surface area contributed by atoms with Crippen molar-refractivity contribution in [1.82, 2.24) is 19.5 Å². The zero-order chi connectivity index (χ0) is 23.2. The van der Waals surface area contributed by atoms with Crippen LogP contribution in [0.2, 0.25) is 5.02 Å². The summed E-state index contributed by atoms with van der Waals surface area (Å²) in [5.74, 6) is -3.52. The molecule has 0 aliphatic carbocycles. The van der Waals surface area contributed by atoms with Gasteiger partial charge in [-0.15, -0.1) is 0 Å². The number of carboxylic acid groups (broad SMARTS) is 1. The van der Waals surface area contributed by atoms with Crippen LogP contribution in [0.25, 0.3) is 28.6 Å². The Morgan fingerprint density at radius 3 is 2.56 bits per heavy atom. The molecule has 1 N–H and O–H groups in total. The van der Waals surface area contributed by atoms with E-state index in [0.29, 0.717) is 0 Å². The minimum atomic E-state index is -4.63. The SMILES string of the molecule is O=C(O)CCc1cc(F)c(-c2noc(-c3cn4cc(C(F)(F)F)cc(Cl)c4n3)n2)cc1F. The lowest BCUT2D eigenvalue weighted by Crippen LogP contribution is -2.06. The molecule has 0 bridgehead atoms. The summed E-state index contributed by atoms with van der Waals surface area (Å²) >= 11 is 5.89. The van der Waals surface area contributed by atoms with Gasteiger partial charge in [0.2, 0.25) is 5.82 Å². The molecule has 0 aliphatic heterocycles. The maximum Gasteiger partial charge on any atom is 0.417 e. The first-order valence-corrected chi connectivity index (χ1v) is 9.20. The van der Waals surface area contributed by atoms with Crippen LogP contribution in [0.1, 0.15) is 17.5 Å². The Labute approximate surface area is 180 Å². The number of pyridine rings is 1. The van der Waals surface area contributed by atoms with E-state index in [-0.39, 0.29) is 52.0 Å². The largest absolute Gasteiger partial charge is 0.481 e. The van der Waals surface area contributed by atoms with Crippen molar-refractivity contribution >= 4 is 23.2 Å². The number of imidazole rings is 1. The fourth-order valence-corrected chi connectivity index (χ4v) is 3.20. The molecule has 166 valence electrons. The first kappa shape index (κ1) is 21.7. The molecule has 13 heteroatoms. The Balaban J connectivity index is 1.68. The van der Waals surface area contributed by atoms with Crippen molar-refractivity contribution in [2.75, 3.05) is 0 Å². The molecular weight excluding hydrogens is 463 g/mol. The van der Waals surface area contributed by atoms with E-state index in [0.717, 1.165) is 28.8 Å². The van der Waals surface area contributed by atoms with Gasteiger partial charge >= 0.3 is 12.1 Å². The minimum Gasteiger partial charge on any atom is -0.481 e. The molecule has 0 saturated carbocycles. The first-order valence-electron chi connectivity index (χ1n) is 8.82. The molecule has 0 radical (unpaired) electrons. The van der Waals surface area contributed by atoms with Gasteiger partial charge in [0.15, 0.2) is 5.65 Å². The zero-order valence-electron chi connectivity index (χ0n) is 15.6. The van der Waals surface area contributed by atoms with Crippen LogP contribution in [0.15, 0.2) is 35.1 Å². The summed E-state index contributed by atoms with van der Waals surface area (Å²) in [4.78, 5) is 18.6. The lowest BCUT2D eigenvalue weighted by atomic mass is 10.1. The normalized spacial score (nSPS) is 11.9. The summed E-state index contributed by atoms with van der Waals surface area (Å²) in [6.07, 6.45) is -3.27.